The molecule has 2 unspecified atom stereocenters. The van der Waals surface area contributed by atoms with Gasteiger partial charge in [-0.05, 0) is 57.1 Å². The van der Waals surface area contributed by atoms with Crippen LogP contribution in [0.25, 0.3) is 0 Å². The average Bonchev–Trinajstić information content (AvgIpc) is 2.51. The third-order valence-corrected chi connectivity index (χ3v) is 4.93. The Bertz CT molecular complexity index is 717. The molecule has 0 saturated carbocycles. The molecule has 5 heteroatoms. The minimum Gasteiger partial charge on any atom is -0.507 e. The fraction of sp³-hybridized carbons (Fsp3) is 0.450. The summed E-state index contributed by atoms with van der Waals surface area (Å²) in [6, 6.07) is 1.40. The third kappa shape index (κ3) is 3.87. The van der Waals surface area contributed by atoms with Crippen LogP contribution in [-0.2, 0) is 6.42 Å². The highest BCUT2D eigenvalue weighted by Crippen LogP contribution is 2.48. The minimum absolute atomic E-state index is 0.0328. The molecule has 5 nitrogen and oxygen atoms in total. The summed E-state index contributed by atoms with van der Waals surface area (Å²) in [6.07, 6.45) is 4.36. The van der Waals surface area contributed by atoms with Crippen LogP contribution in [0.5, 0.6) is 11.5 Å². The first kappa shape index (κ1) is 19.1. The summed E-state index contributed by atoms with van der Waals surface area (Å²) < 4.78 is 0. The zero-order valence-corrected chi connectivity index (χ0v) is 14.7. The zero-order chi connectivity index (χ0) is 18.7. The van der Waals surface area contributed by atoms with Crippen molar-refractivity contribution in [2.24, 2.45) is 5.92 Å². The molecule has 0 bridgehead atoms. The van der Waals surface area contributed by atoms with Crippen LogP contribution in [0, 0.1) is 5.92 Å². The van der Waals surface area contributed by atoms with Gasteiger partial charge in [-0.1, -0.05) is 23.8 Å². The van der Waals surface area contributed by atoms with Crippen molar-refractivity contribution in [3.8, 4) is 11.5 Å². The molecule has 1 aromatic rings. The number of aryl methyl sites for hydroxylation is 1. The van der Waals surface area contributed by atoms with E-state index in [1.54, 1.807) is 0 Å². The van der Waals surface area contributed by atoms with E-state index < -0.39 is 5.97 Å². The summed E-state index contributed by atoms with van der Waals surface area (Å²) in [5.74, 6) is -2.02. The van der Waals surface area contributed by atoms with Crippen LogP contribution in [0.3, 0.4) is 0 Å². The standard InChI is InChI=1S/C20H26O5/c1-11(2)14-7-6-12(3)9-15(14)18-16(22)10-13(5-4-8-21)17(19(18)23)20(24)25/h9-10,14-15,21-23H,1,4-8H2,2-3H3,(H,24,25). The van der Waals surface area contributed by atoms with E-state index in [-0.39, 0.29) is 47.5 Å². The molecule has 0 saturated heterocycles. The molecule has 25 heavy (non-hydrogen) atoms. The lowest BCUT2D eigenvalue weighted by atomic mass is 9.73. The van der Waals surface area contributed by atoms with Crippen molar-refractivity contribution in [2.75, 3.05) is 6.61 Å². The number of rotatable bonds is 6. The Morgan fingerprint density at radius 3 is 2.60 bits per heavy atom. The van der Waals surface area contributed by atoms with Crippen molar-refractivity contribution >= 4 is 5.97 Å². The molecule has 0 amide bonds. The van der Waals surface area contributed by atoms with Crippen LogP contribution in [0.15, 0.2) is 29.9 Å². The van der Waals surface area contributed by atoms with Crippen molar-refractivity contribution in [1.29, 1.82) is 0 Å². The van der Waals surface area contributed by atoms with Crippen LogP contribution in [0.2, 0.25) is 0 Å². The van der Waals surface area contributed by atoms with Gasteiger partial charge in [-0.15, -0.1) is 0 Å². The monoisotopic (exact) mass is 346 g/mol. The second kappa shape index (κ2) is 7.74. The van der Waals surface area contributed by atoms with Crippen LogP contribution in [0.1, 0.15) is 60.5 Å². The van der Waals surface area contributed by atoms with Crippen LogP contribution in [-0.4, -0.2) is 33.0 Å². The highest BCUT2D eigenvalue weighted by atomic mass is 16.4. The number of aliphatic hydroxyl groups is 1. The molecule has 1 aliphatic rings. The summed E-state index contributed by atoms with van der Waals surface area (Å²) in [4.78, 5) is 11.7. The van der Waals surface area contributed by atoms with E-state index in [1.165, 1.54) is 6.07 Å². The number of carbonyl (C=O) groups is 1. The summed E-state index contributed by atoms with van der Waals surface area (Å²) in [7, 11) is 0. The quantitative estimate of drug-likeness (QED) is 0.588. The van der Waals surface area contributed by atoms with E-state index in [0.717, 1.165) is 24.0 Å². The van der Waals surface area contributed by atoms with Gasteiger partial charge in [0.25, 0.3) is 0 Å². The third-order valence-electron chi connectivity index (χ3n) is 4.93. The van der Waals surface area contributed by atoms with Gasteiger partial charge < -0.3 is 20.4 Å². The first-order valence-corrected chi connectivity index (χ1v) is 8.52. The Morgan fingerprint density at radius 1 is 1.36 bits per heavy atom. The van der Waals surface area contributed by atoms with Crippen LogP contribution < -0.4 is 0 Å². The first-order valence-electron chi connectivity index (χ1n) is 8.52. The number of phenols is 2. The first-order chi connectivity index (χ1) is 11.8. The molecule has 0 aliphatic heterocycles. The van der Waals surface area contributed by atoms with E-state index in [2.05, 4.69) is 6.58 Å². The van der Waals surface area contributed by atoms with Crippen molar-refractivity contribution in [3.63, 3.8) is 0 Å². The van der Waals surface area contributed by atoms with Gasteiger partial charge in [0, 0.05) is 18.1 Å². The summed E-state index contributed by atoms with van der Waals surface area (Å²) >= 11 is 0. The fourth-order valence-corrected chi connectivity index (χ4v) is 3.66. The van der Waals surface area contributed by atoms with Crippen molar-refractivity contribution in [3.05, 3.63) is 46.6 Å². The number of aliphatic hydroxyl groups excluding tert-OH is 1. The molecule has 4 N–H and O–H groups in total. The molecular weight excluding hydrogens is 320 g/mol. The molecule has 1 aliphatic carbocycles. The predicted octanol–water partition coefficient (Wildman–Crippen LogP) is 3.74. The number of phenolic OH excluding ortho intramolecular Hbond substituents is 1. The van der Waals surface area contributed by atoms with E-state index in [4.69, 9.17) is 5.11 Å². The van der Waals surface area contributed by atoms with Crippen LogP contribution >= 0.6 is 0 Å². The summed E-state index contributed by atoms with van der Waals surface area (Å²) in [6.45, 7) is 7.83. The molecule has 0 radical (unpaired) electrons. The van der Waals surface area contributed by atoms with Crippen LogP contribution in [0.4, 0.5) is 0 Å². The Hall–Kier alpha value is -2.27. The number of hydrogen-bond acceptors (Lipinski definition) is 4. The predicted molar refractivity (Wildman–Crippen MR) is 96.2 cm³/mol. The normalized spacial score (nSPS) is 20.2. The number of allylic oxidation sites excluding steroid dienone is 3. The van der Waals surface area contributed by atoms with E-state index in [1.807, 2.05) is 19.9 Å². The topological polar surface area (TPSA) is 98.0 Å². The molecule has 1 aromatic carbocycles. The Morgan fingerprint density at radius 2 is 2.04 bits per heavy atom. The largest absolute Gasteiger partial charge is 0.507 e. The lowest BCUT2D eigenvalue weighted by Gasteiger charge is -2.32. The SMILES string of the molecule is C=C(C)C1CCC(C)=CC1c1c(O)cc(CCCO)c(C(=O)O)c1O. The number of benzene rings is 1. The lowest BCUT2D eigenvalue weighted by Crippen LogP contribution is -2.18. The Labute approximate surface area is 147 Å². The van der Waals surface area contributed by atoms with Crippen molar-refractivity contribution in [2.45, 2.75) is 45.4 Å². The molecule has 136 valence electrons. The second-order valence-corrected chi connectivity index (χ2v) is 6.85. The molecule has 0 fully saturated rings. The summed E-state index contributed by atoms with van der Waals surface area (Å²) in [5.41, 5.74) is 2.45. The van der Waals surface area contributed by atoms with E-state index >= 15 is 0 Å². The number of hydrogen-bond donors (Lipinski definition) is 4. The molecule has 2 rings (SSSR count). The number of carboxylic acids is 1. The molecule has 0 heterocycles. The maximum atomic E-state index is 11.7. The van der Waals surface area contributed by atoms with Gasteiger partial charge >= 0.3 is 5.97 Å². The van der Waals surface area contributed by atoms with E-state index in [0.29, 0.717) is 12.0 Å². The maximum absolute atomic E-state index is 11.7. The van der Waals surface area contributed by atoms with Gasteiger partial charge in [0.05, 0.1) is 0 Å². The zero-order valence-electron chi connectivity index (χ0n) is 14.7. The van der Waals surface area contributed by atoms with Gasteiger partial charge in [-0.25, -0.2) is 4.79 Å². The van der Waals surface area contributed by atoms with E-state index in [9.17, 15) is 20.1 Å². The fourth-order valence-electron chi connectivity index (χ4n) is 3.66. The Kier molecular flexibility index (Phi) is 5.90. The number of aromatic hydroxyl groups is 2. The molecule has 0 aromatic heterocycles. The molecular formula is C20H26O5. The van der Waals surface area contributed by atoms with Gasteiger partial charge in [0.15, 0.2) is 0 Å². The van der Waals surface area contributed by atoms with Gasteiger partial charge in [0.2, 0.25) is 0 Å². The molecule has 2 atom stereocenters. The highest BCUT2D eigenvalue weighted by molar-refractivity contribution is 5.94. The molecule has 0 spiro atoms. The van der Waals surface area contributed by atoms with Gasteiger partial charge in [0.1, 0.15) is 17.1 Å². The summed E-state index contributed by atoms with van der Waals surface area (Å²) in [5, 5.41) is 39.8. The number of carboxylic acid groups (broad SMARTS) is 1. The second-order valence-electron chi connectivity index (χ2n) is 6.85. The lowest BCUT2D eigenvalue weighted by molar-refractivity contribution is 0.0692. The number of aromatic carboxylic acids is 1. The van der Waals surface area contributed by atoms with Crippen molar-refractivity contribution < 1.29 is 25.2 Å². The van der Waals surface area contributed by atoms with Crippen molar-refractivity contribution in [1.82, 2.24) is 0 Å². The van der Waals surface area contributed by atoms with Gasteiger partial charge in [-0.2, -0.15) is 0 Å². The van der Waals surface area contributed by atoms with Gasteiger partial charge in [-0.3, -0.25) is 0 Å². The highest BCUT2D eigenvalue weighted by Gasteiger charge is 2.32. The maximum Gasteiger partial charge on any atom is 0.339 e. The average molecular weight is 346 g/mol. The minimum atomic E-state index is -1.24. The smallest absolute Gasteiger partial charge is 0.339 e. The Balaban J connectivity index is 2.64.